The van der Waals surface area contributed by atoms with E-state index in [1.807, 2.05) is 7.11 Å². The summed E-state index contributed by atoms with van der Waals surface area (Å²) in [4.78, 5) is 0. The van der Waals surface area contributed by atoms with Crippen molar-refractivity contribution >= 4 is 0 Å². The fraction of sp³-hybridized carbons (Fsp3) is 0.917. The molecule has 4 aliphatic rings. The number of hydrogen-bond acceptors (Lipinski definition) is 1. The summed E-state index contributed by atoms with van der Waals surface area (Å²) in [7, 11) is 1.81. The van der Waals surface area contributed by atoms with Gasteiger partial charge in [-0.05, 0) is 85.4 Å². The highest BCUT2D eigenvalue weighted by Gasteiger charge is 2.62. The van der Waals surface area contributed by atoms with Gasteiger partial charge in [0.15, 0.2) is 0 Å². The largest absolute Gasteiger partial charge is 0.391 e. The molecule has 0 heterocycles. The second kappa shape index (κ2) is 6.75. The second-order valence-electron chi connectivity index (χ2n) is 10.9. The van der Waals surface area contributed by atoms with Crippen molar-refractivity contribution in [3.05, 3.63) is 11.6 Å². The topological polar surface area (TPSA) is 9.23 Å². The van der Waals surface area contributed by atoms with Gasteiger partial charge >= 0.3 is 6.18 Å². The molecule has 3 saturated carbocycles. The van der Waals surface area contributed by atoms with Crippen LogP contribution in [0.3, 0.4) is 0 Å². The van der Waals surface area contributed by atoms with Crippen molar-refractivity contribution in [2.75, 3.05) is 7.11 Å². The molecule has 0 N–H and O–H groups in total. The van der Waals surface area contributed by atoms with Gasteiger partial charge in [-0.1, -0.05) is 39.3 Å². The molecule has 0 aromatic rings. The zero-order valence-electron chi connectivity index (χ0n) is 18.1. The molecule has 0 saturated heterocycles. The van der Waals surface area contributed by atoms with Crippen molar-refractivity contribution in [1.82, 2.24) is 0 Å². The molecule has 0 amide bonds. The third kappa shape index (κ3) is 2.91. The van der Waals surface area contributed by atoms with Crippen LogP contribution in [0.25, 0.3) is 0 Å². The molecule has 160 valence electrons. The molecule has 28 heavy (non-hydrogen) atoms. The van der Waals surface area contributed by atoms with E-state index in [4.69, 9.17) is 4.74 Å². The first-order valence-corrected chi connectivity index (χ1v) is 11.3. The molecule has 7 unspecified atom stereocenters. The zero-order valence-corrected chi connectivity index (χ0v) is 18.1. The lowest BCUT2D eigenvalue weighted by atomic mass is 9.45. The van der Waals surface area contributed by atoms with Crippen LogP contribution in [0.2, 0.25) is 0 Å². The average Bonchev–Trinajstić information content (AvgIpc) is 2.97. The Kier molecular flexibility index (Phi) is 5.00. The maximum absolute atomic E-state index is 13.6. The molecule has 3 fully saturated rings. The number of methoxy groups -OCH3 is 1. The molecular formula is C24H37F3O. The van der Waals surface area contributed by atoms with E-state index in [1.54, 1.807) is 5.57 Å². The Labute approximate surface area is 168 Å². The van der Waals surface area contributed by atoms with Crippen LogP contribution in [0.15, 0.2) is 11.6 Å². The number of allylic oxidation sites excluding steroid dienone is 1. The Morgan fingerprint density at radius 1 is 1.07 bits per heavy atom. The molecule has 0 bridgehead atoms. The number of hydrogen-bond donors (Lipinski definition) is 0. The van der Waals surface area contributed by atoms with Crippen molar-refractivity contribution in [2.45, 2.75) is 84.9 Å². The minimum atomic E-state index is -4.07. The smallest absolute Gasteiger partial charge is 0.381 e. The van der Waals surface area contributed by atoms with Crippen molar-refractivity contribution in [1.29, 1.82) is 0 Å². The summed E-state index contributed by atoms with van der Waals surface area (Å²) in [6, 6.07) is 0. The van der Waals surface area contributed by atoms with Crippen LogP contribution in [0, 0.1) is 46.3 Å². The molecular weight excluding hydrogens is 361 g/mol. The molecule has 0 aliphatic heterocycles. The van der Waals surface area contributed by atoms with Gasteiger partial charge < -0.3 is 4.74 Å². The van der Waals surface area contributed by atoms with E-state index in [0.717, 1.165) is 44.9 Å². The summed E-state index contributed by atoms with van der Waals surface area (Å²) < 4.78 is 46.4. The third-order valence-electron chi connectivity index (χ3n) is 9.92. The number of ether oxygens (including phenoxy) is 1. The van der Waals surface area contributed by atoms with Crippen LogP contribution >= 0.6 is 0 Å². The van der Waals surface area contributed by atoms with Gasteiger partial charge in [0, 0.05) is 7.11 Å². The van der Waals surface area contributed by atoms with Crippen molar-refractivity contribution in [3.8, 4) is 0 Å². The van der Waals surface area contributed by atoms with E-state index in [2.05, 4.69) is 26.8 Å². The van der Waals surface area contributed by atoms with Crippen molar-refractivity contribution in [3.63, 3.8) is 0 Å². The summed E-state index contributed by atoms with van der Waals surface area (Å²) in [5.41, 5.74) is 1.64. The number of rotatable bonds is 2. The van der Waals surface area contributed by atoms with Gasteiger partial charge in [0.2, 0.25) is 0 Å². The maximum Gasteiger partial charge on any atom is 0.391 e. The van der Waals surface area contributed by atoms with Gasteiger partial charge in [-0.3, -0.25) is 0 Å². The van der Waals surface area contributed by atoms with Gasteiger partial charge in [-0.15, -0.1) is 0 Å². The first-order chi connectivity index (χ1) is 13.0. The van der Waals surface area contributed by atoms with E-state index in [-0.39, 0.29) is 16.7 Å². The predicted molar refractivity (Wildman–Crippen MR) is 106 cm³/mol. The Morgan fingerprint density at radius 3 is 2.43 bits per heavy atom. The van der Waals surface area contributed by atoms with Crippen LogP contribution in [-0.2, 0) is 4.74 Å². The Bertz CT molecular complexity index is 640. The normalized spacial score (nSPS) is 49.6. The predicted octanol–water partition coefficient (Wildman–Crippen LogP) is 7.02. The lowest BCUT2D eigenvalue weighted by Gasteiger charge is -2.60. The monoisotopic (exact) mass is 398 g/mol. The lowest BCUT2D eigenvalue weighted by molar-refractivity contribution is -0.199. The summed E-state index contributed by atoms with van der Waals surface area (Å²) >= 11 is 0. The third-order valence-corrected chi connectivity index (χ3v) is 9.92. The van der Waals surface area contributed by atoms with E-state index in [0.29, 0.717) is 29.8 Å². The summed E-state index contributed by atoms with van der Waals surface area (Å²) in [6.45, 7) is 8.40. The lowest BCUT2D eigenvalue weighted by Crippen LogP contribution is -2.53. The first-order valence-electron chi connectivity index (χ1n) is 11.3. The SMILES string of the molecule is CO[C@H]1CCC2(C)C(=C[C@@H](C)C3C2CCC2(C)C3CCC2C(C)C(F)(F)F)C1. The van der Waals surface area contributed by atoms with Crippen molar-refractivity contribution in [2.24, 2.45) is 46.3 Å². The standard InChI is InChI=1S/C24H37F3O/c1-14-12-16-13-17(28-5)8-10-22(16,3)20-9-11-23(4)18(15(2)24(25,26)27)6-7-19(23)21(14)20/h12,14-15,17-21H,6-11,13H2,1-5H3/t14-,15?,17+,18?,19?,20?,21?,22?,23?/m1/s1. The van der Waals surface area contributed by atoms with E-state index in [9.17, 15) is 13.2 Å². The highest BCUT2D eigenvalue weighted by Crippen LogP contribution is 2.68. The summed E-state index contributed by atoms with van der Waals surface area (Å²) in [5.74, 6) is 0.666. The van der Waals surface area contributed by atoms with Crippen LogP contribution < -0.4 is 0 Å². The number of alkyl halides is 3. The molecule has 1 nitrogen and oxygen atoms in total. The fourth-order valence-electron chi connectivity index (χ4n) is 8.27. The second-order valence-corrected chi connectivity index (χ2v) is 10.9. The van der Waals surface area contributed by atoms with E-state index >= 15 is 0 Å². The summed E-state index contributed by atoms with van der Waals surface area (Å²) in [6.07, 6.45) is 5.85. The van der Waals surface area contributed by atoms with Gasteiger partial charge in [0.1, 0.15) is 0 Å². The maximum atomic E-state index is 13.6. The van der Waals surface area contributed by atoms with E-state index < -0.39 is 12.1 Å². The van der Waals surface area contributed by atoms with Gasteiger partial charge in [-0.2, -0.15) is 13.2 Å². The zero-order chi connectivity index (χ0) is 20.5. The highest BCUT2D eigenvalue weighted by atomic mass is 19.4. The fourth-order valence-corrected chi connectivity index (χ4v) is 8.27. The van der Waals surface area contributed by atoms with Gasteiger partial charge in [0.25, 0.3) is 0 Å². The molecule has 0 spiro atoms. The minimum Gasteiger partial charge on any atom is -0.381 e. The Morgan fingerprint density at radius 2 is 1.79 bits per heavy atom. The molecule has 0 radical (unpaired) electrons. The Hall–Kier alpha value is -0.510. The summed E-state index contributed by atoms with van der Waals surface area (Å²) in [5, 5.41) is 0. The van der Waals surface area contributed by atoms with Crippen molar-refractivity contribution < 1.29 is 17.9 Å². The van der Waals surface area contributed by atoms with Gasteiger partial charge in [0.05, 0.1) is 12.0 Å². The molecule has 9 atom stereocenters. The van der Waals surface area contributed by atoms with Crippen LogP contribution in [-0.4, -0.2) is 19.4 Å². The molecule has 4 rings (SSSR count). The van der Waals surface area contributed by atoms with E-state index in [1.165, 1.54) is 6.92 Å². The average molecular weight is 399 g/mol. The molecule has 4 aliphatic carbocycles. The number of fused-ring (bicyclic) bond motifs is 5. The number of halogens is 3. The molecule has 4 heteroatoms. The highest BCUT2D eigenvalue weighted by molar-refractivity contribution is 5.27. The van der Waals surface area contributed by atoms with Crippen LogP contribution in [0.1, 0.15) is 72.6 Å². The molecule has 0 aromatic carbocycles. The van der Waals surface area contributed by atoms with Crippen LogP contribution in [0.4, 0.5) is 13.2 Å². The molecule has 0 aromatic heterocycles. The Balaban J connectivity index is 1.65. The minimum absolute atomic E-state index is 0.157. The first kappa shape index (κ1) is 20.8. The van der Waals surface area contributed by atoms with Gasteiger partial charge in [-0.25, -0.2) is 0 Å². The quantitative estimate of drug-likeness (QED) is 0.454. The van der Waals surface area contributed by atoms with Crippen LogP contribution in [0.5, 0.6) is 0 Å².